The van der Waals surface area contributed by atoms with Crippen molar-refractivity contribution in [1.29, 1.82) is 0 Å². The first-order valence-corrected chi connectivity index (χ1v) is 12.5. The van der Waals surface area contributed by atoms with Crippen LogP contribution in [0.4, 0.5) is 15.8 Å². The Morgan fingerprint density at radius 3 is 2.33 bits per heavy atom. The zero-order valence-electron chi connectivity index (χ0n) is 19.1. The number of anilines is 2. The average Bonchev–Trinajstić information content (AvgIpc) is 2.89. The fourth-order valence-electron chi connectivity index (χ4n) is 3.75. The first-order valence-electron chi connectivity index (χ1n) is 11.1. The normalized spacial score (nSPS) is 14.3. The van der Waals surface area contributed by atoms with E-state index in [0.29, 0.717) is 13.1 Å². The van der Waals surface area contributed by atoms with Gasteiger partial charge in [0.15, 0.2) is 6.61 Å². The molecule has 1 heterocycles. The topological polar surface area (TPSA) is 116 Å². The van der Waals surface area contributed by atoms with Gasteiger partial charge in [0.05, 0.1) is 16.1 Å². The fraction of sp³-hybridized carbons (Fsp3) is 0.200. The molecule has 0 bridgehead atoms. The Bertz CT molecular complexity index is 1360. The van der Waals surface area contributed by atoms with Gasteiger partial charge in [-0.05, 0) is 54.6 Å². The molecule has 0 aromatic heterocycles. The van der Waals surface area contributed by atoms with E-state index in [1.807, 2.05) is 4.90 Å². The van der Waals surface area contributed by atoms with Crippen LogP contribution >= 0.6 is 0 Å². The van der Waals surface area contributed by atoms with Gasteiger partial charge in [0.2, 0.25) is 10.0 Å². The predicted octanol–water partition coefficient (Wildman–Crippen LogP) is 2.84. The second-order valence-electron chi connectivity index (χ2n) is 8.04. The highest BCUT2D eigenvalue weighted by atomic mass is 32.2. The van der Waals surface area contributed by atoms with Crippen LogP contribution in [0.1, 0.15) is 10.4 Å². The number of hydrogen-bond acceptors (Lipinski definition) is 7. The van der Waals surface area contributed by atoms with E-state index in [1.165, 1.54) is 52.8 Å². The van der Waals surface area contributed by atoms with Gasteiger partial charge in [-0.1, -0.05) is 18.2 Å². The number of phenolic OH excluding ortho intramolecular Hbond substituents is 1. The zero-order valence-corrected chi connectivity index (χ0v) is 19.9. The number of esters is 1. The molecule has 188 valence electrons. The molecule has 1 aliphatic heterocycles. The molecule has 0 radical (unpaired) electrons. The van der Waals surface area contributed by atoms with E-state index >= 15 is 0 Å². The van der Waals surface area contributed by atoms with Gasteiger partial charge < -0.3 is 20.1 Å². The Balaban J connectivity index is 1.36. The van der Waals surface area contributed by atoms with E-state index < -0.39 is 28.5 Å². The van der Waals surface area contributed by atoms with Crippen molar-refractivity contribution in [3.05, 3.63) is 84.2 Å². The summed E-state index contributed by atoms with van der Waals surface area (Å²) < 4.78 is 45.9. The number of nitrogens with one attached hydrogen (secondary N) is 1. The number of aromatic hydroxyl groups is 1. The summed E-state index contributed by atoms with van der Waals surface area (Å²) >= 11 is 0. The molecule has 0 unspecified atom stereocenters. The van der Waals surface area contributed by atoms with E-state index in [4.69, 9.17) is 4.74 Å². The van der Waals surface area contributed by atoms with Gasteiger partial charge in [0.25, 0.3) is 5.91 Å². The maximum absolute atomic E-state index is 13.2. The SMILES string of the molecule is O=C(COC(=O)c1cccc(S(=O)(=O)N2CCN(c3ccc(F)cc3)CC2)c1)Nc1ccccc1O. The van der Waals surface area contributed by atoms with Gasteiger partial charge in [0.1, 0.15) is 11.6 Å². The van der Waals surface area contributed by atoms with Crippen molar-refractivity contribution < 1.29 is 32.2 Å². The van der Waals surface area contributed by atoms with Crippen molar-refractivity contribution >= 4 is 33.3 Å². The van der Waals surface area contributed by atoms with Crippen molar-refractivity contribution in [2.75, 3.05) is 43.0 Å². The number of piperazine rings is 1. The van der Waals surface area contributed by atoms with Crippen molar-refractivity contribution in [3.63, 3.8) is 0 Å². The second-order valence-corrected chi connectivity index (χ2v) is 9.97. The number of phenols is 1. The maximum atomic E-state index is 13.2. The number of halogens is 1. The summed E-state index contributed by atoms with van der Waals surface area (Å²) in [5.41, 5.74) is 0.965. The molecule has 3 aromatic carbocycles. The second kappa shape index (κ2) is 10.8. The zero-order chi connectivity index (χ0) is 25.7. The minimum Gasteiger partial charge on any atom is -0.506 e. The van der Waals surface area contributed by atoms with Crippen molar-refractivity contribution in [1.82, 2.24) is 4.31 Å². The number of sulfonamides is 1. The third-order valence-electron chi connectivity index (χ3n) is 5.65. The summed E-state index contributed by atoms with van der Waals surface area (Å²) in [6.07, 6.45) is 0. The lowest BCUT2D eigenvalue weighted by atomic mass is 10.2. The van der Waals surface area contributed by atoms with Gasteiger partial charge >= 0.3 is 5.97 Å². The number of benzene rings is 3. The maximum Gasteiger partial charge on any atom is 0.338 e. The monoisotopic (exact) mass is 513 g/mol. The molecule has 4 rings (SSSR count). The van der Waals surface area contributed by atoms with Crippen LogP contribution in [-0.4, -0.2) is 62.5 Å². The molecule has 0 atom stereocenters. The summed E-state index contributed by atoms with van der Waals surface area (Å²) in [7, 11) is -3.88. The Morgan fingerprint density at radius 1 is 0.944 bits per heavy atom. The highest BCUT2D eigenvalue weighted by Crippen LogP contribution is 2.23. The largest absolute Gasteiger partial charge is 0.506 e. The number of ether oxygens (including phenoxy) is 1. The lowest BCUT2D eigenvalue weighted by Gasteiger charge is -2.35. The molecule has 0 aliphatic carbocycles. The van der Waals surface area contributed by atoms with E-state index in [2.05, 4.69) is 5.32 Å². The van der Waals surface area contributed by atoms with Crippen LogP contribution in [0.25, 0.3) is 0 Å². The Labute approximate surface area is 207 Å². The highest BCUT2D eigenvalue weighted by Gasteiger charge is 2.29. The molecular weight excluding hydrogens is 489 g/mol. The summed E-state index contributed by atoms with van der Waals surface area (Å²) in [6.45, 7) is 0.689. The van der Waals surface area contributed by atoms with Gasteiger partial charge in [-0.25, -0.2) is 17.6 Å². The number of nitrogens with zero attached hydrogens (tertiary/aromatic N) is 2. The van der Waals surface area contributed by atoms with E-state index in [-0.39, 0.29) is 40.8 Å². The summed E-state index contributed by atoms with van der Waals surface area (Å²) in [5.74, 6) is -1.99. The first-order chi connectivity index (χ1) is 17.2. The third kappa shape index (κ3) is 5.81. The number of para-hydroxylation sites is 2. The van der Waals surface area contributed by atoms with Crippen LogP contribution < -0.4 is 10.2 Å². The van der Waals surface area contributed by atoms with Crippen molar-refractivity contribution in [2.24, 2.45) is 0 Å². The van der Waals surface area contributed by atoms with Crippen LogP contribution in [-0.2, 0) is 19.6 Å². The van der Waals surface area contributed by atoms with Crippen LogP contribution in [0.5, 0.6) is 5.75 Å². The van der Waals surface area contributed by atoms with E-state index in [1.54, 1.807) is 24.3 Å². The fourth-order valence-corrected chi connectivity index (χ4v) is 5.22. The molecular formula is C25H24FN3O6S. The molecule has 2 N–H and O–H groups in total. The molecule has 0 spiro atoms. The van der Waals surface area contributed by atoms with Gasteiger partial charge in [-0.15, -0.1) is 0 Å². The van der Waals surface area contributed by atoms with E-state index in [9.17, 15) is 27.5 Å². The van der Waals surface area contributed by atoms with Crippen molar-refractivity contribution in [2.45, 2.75) is 4.90 Å². The number of amides is 1. The minimum absolute atomic E-state index is 0.0172. The standard InChI is InChI=1S/C25H24FN3O6S/c26-19-8-10-20(11-9-19)28-12-14-29(15-13-28)36(33,34)21-5-3-4-18(16-21)25(32)35-17-24(31)27-22-6-1-2-7-23(22)30/h1-11,16,30H,12-15,17H2,(H,27,31). The number of carbonyl (C=O) groups is 2. The van der Waals surface area contributed by atoms with Crippen LogP contribution in [0, 0.1) is 5.82 Å². The third-order valence-corrected chi connectivity index (χ3v) is 7.55. The molecule has 36 heavy (non-hydrogen) atoms. The van der Waals surface area contributed by atoms with E-state index in [0.717, 1.165) is 5.69 Å². The molecule has 1 amide bonds. The van der Waals surface area contributed by atoms with Gasteiger partial charge in [0, 0.05) is 31.9 Å². The number of carbonyl (C=O) groups excluding carboxylic acids is 2. The minimum atomic E-state index is -3.88. The predicted molar refractivity (Wildman–Crippen MR) is 131 cm³/mol. The summed E-state index contributed by atoms with van der Waals surface area (Å²) in [5, 5.41) is 12.1. The molecule has 1 aliphatic rings. The van der Waals surface area contributed by atoms with Crippen LogP contribution in [0.15, 0.2) is 77.7 Å². The van der Waals surface area contributed by atoms with Gasteiger partial charge in [-0.2, -0.15) is 4.31 Å². The van der Waals surface area contributed by atoms with Gasteiger partial charge in [-0.3, -0.25) is 4.79 Å². The van der Waals surface area contributed by atoms with Crippen LogP contribution in [0.3, 0.4) is 0 Å². The molecule has 9 nitrogen and oxygen atoms in total. The Hall–Kier alpha value is -3.96. The molecule has 1 fully saturated rings. The quantitative estimate of drug-likeness (QED) is 0.369. The smallest absolute Gasteiger partial charge is 0.338 e. The first kappa shape index (κ1) is 25.1. The molecule has 1 saturated heterocycles. The summed E-state index contributed by atoms with van der Waals surface area (Å²) in [6, 6.07) is 17.6. The number of rotatable bonds is 7. The lowest BCUT2D eigenvalue weighted by Crippen LogP contribution is -2.48. The van der Waals surface area contributed by atoms with Crippen molar-refractivity contribution in [3.8, 4) is 5.75 Å². The average molecular weight is 514 g/mol. The molecule has 3 aromatic rings. The Morgan fingerprint density at radius 2 is 1.64 bits per heavy atom. The van der Waals surface area contributed by atoms with Crippen LogP contribution in [0.2, 0.25) is 0 Å². The lowest BCUT2D eigenvalue weighted by molar-refractivity contribution is -0.119. The molecule has 0 saturated carbocycles. The Kier molecular flexibility index (Phi) is 7.51. The summed E-state index contributed by atoms with van der Waals surface area (Å²) in [4.78, 5) is 26.4. The molecule has 11 heteroatoms. The number of hydrogen-bond donors (Lipinski definition) is 2. The highest BCUT2D eigenvalue weighted by molar-refractivity contribution is 7.89.